The number of halogens is 3. The number of aromatic nitrogens is 2. The highest BCUT2D eigenvalue weighted by Gasteiger charge is 2.33. The van der Waals surface area contributed by atoms with Crippen molar-refractivity contribution in [2.45, 2.75) is 25.8 Å². The molecule has 0 N–H and O–H groups in total. The van der Waals surface area contributed by atoms with Gasteiger partial charge in [-0.1, -0.05) is 6.92 Å². The number of urea groups is 1. The Hall–Kier alpha value is -2.82. The van der Waals surface area contributed by atoms with E-state index < -0.39 is 23.5 Å². The third kappa shape index (κ3) is 4.76. The smallest absolute Gasteiger partial charge is 0.337 e. The first-order valence-electron chi connectivity index (χ1n) is 9.79. The van der Waals surface area contributed by atoms with Gasteiger partial charge in [0.2, 0.25) is 5.95 Å². The zero-order valence-electron chi connectivity index (χ0n) is 16.9. The minimum atomic E-state index is -0.691. The number of anilines is 1. The molecule has 166 valence electrons. The minimum absolute atomic E-state index is 0. The van der Waals surface area contributed by atoms with E-state index >= 15 is 0 Å². The fraction of sp³-hybridized carbons (Fsp3) is 0.400. The second-order valence-corrected chi connectivity index (χ2v) is 7.17. The fourth-order valence-corrected chi connectivity index (χ4v) is 3.68. The molecule has 0 bridgehead atoms. The molecule has 0 spiro atoms. The number of rotatable bonds is 3. The first kappa shape index (κ1) is 22.9. The van der Waals surface area contributed by atoms with Crippen LogP contribution in [0.3, 0.4) is 0 Å². The second kappa shape index (κ2) is 9.54. The van der Waals surface area contributed by atoms with Crippen LogP contribution in [0.5, 0.6) is 0 Å². The zero-order valence-corrected chi connectivity index (χ0v) is 17.9. The van der Waals surface area contributed by atoms with Gasteiger partial charge in [0.15, 0.2) is 5.82 Å². The molecule has 1 saturated heterocycles. The van der Waals surface area contributed by atoms with Crippen LogP contribution in [-0.4, -0.2) is 58.3 Å². The molecule has 7 nitrogen and oxygen atoms in total. The van der Waals surface area contributed by atoms with E-state index in [0.717, 1.165) is 6.07 Å². The number of amides is 2. The first-order valence-corrected chi connectivity index (χ1v) is 9.79. The summed E-state index contributed by atoms with van der Waals surface area (Å²) in [6.07, 6.45) is 3.59. The van der Waals surface area contributed by atoms with Crippen molar-refractivity contribution in [2.75, 3.05) is 31.1 Å². The van der Waals surface area contributed by atoms with Gasteiger partial charge in [0, 0.05) is 44.9 Å². The van der Waals surface area contributed by atoms with Gasteiger partial charge in [-0.2, -0.15) is 18.6 Å². The molecule has 0 radical (unpaired) electrons. The number of carbonyl (C=O) groups excluding carboxylic acids is 1. The van der Waals surface area contributed by atoms with Gasteiger partial charge in [-0.05, 0) is 24.1 Å². The Labute approximate surface area is 185 Å². The van der Waals surface area contributed by atoms with E-state index in [0.29, 0.717) is 56.2 Å². The molecule has 1 aromatic carbocycles. The Kier molecular flexibility index (Phi) is 7.04. The Bertz CT molecular complexity index is 963. The number of aryl methyl sites for hydroxylation is 1. The van der Waals surface area contributed by atoms with Crippen molar-refractivity contribution in [1.82, 2.24) is 19.9 Å². The normalized spacial score (nSPS) is 18.3. The molecular formula is C20H23F3N6OS. The Morgan fingerprint density at radius 1 is 1.10 bits per heavy atom. The SMILES string of the molecule is CCc1nc(N2CCN(C(=O)N3N=CC[C@H]3c3cc(F)cc(F)c3)CC2)ncc1F.S. The van der Waals surface area contributed by atoms with Crippen LogP contribution >= 0.6 is 13.5 Å². The van der Waals surface area contributed by atoms with Crippen molar-refractivity contribution in [1.29, 1.82) is 0 Å². The second-order valence-electron chi connectivity index (χ2n) is 7.17. The van der Waals surface area contributed by atoms with Gasteiger partial charge in [-0.15, -0.1) is 0 Å². The van der Waals surface area contributed by atoms with Crippen molar-refractivity contribution >= 4 is 31.7 Å². The average Bonchev–Trinajstić information content (AvgIpc) is 3.23. The van der Waals surface area contributed by atoms with Crippen molar-refractivity contribution in [3.8, 4) is 0 Å². The van der Waals surface area contributed by atoms with Crippen LogP contribution in [0.2, 0.25) is 0 Å². The molecule has 2 aromatic rings. The van der Waals surface area contributed by atoms with Gasteiger partial charge in [0.05, 0.1) is 17.9 Å². The molecule has 0 aliphatic carbocycles. The molecule has 3 heterocycles. The van der Waals surface area contributed by atoms with E-state index in [9.17, 15) is 18.0 Å². The van der Waals surface area contributed by atoms with E-state index in [1.54, 1.807) is 11.1 Å². The largest absolute Gasteiger partial charge is 0.341 e. The molecule has 2 aliphatic heterocycles. The fourth-order valence-electron chi connectivity index (χ4n) is 3.68. The lowest BCUT2D eigenvalue weighted by molar-refractivity contribution is 0.139. The van der Waals surface area contributed by atoms with E-state index in [4.69, 9.17) is 0 Å². The lowest BCUT2D eigenvalue weighted by Gasteiger charge is -2.37. The maximum atomic E-state index is 13.6. The number of nitrogens with zero attached hydrogens (tertiary/aromatic N) is 6. The van der Waals surface area contributed by atoms with Crippen LogP contribution in [0.1, 0.15) is 30.6 Å². The minimum Gasteiger partial charge on any atom is -0.337 e. The maximum absolute atomic E-state index is 13.6. The number of piperazine rings is 1. The van der Waals surface area contributed by atoms with Gasteiger partial charge >= 0.3 is 6.03 Å². The summed E-state index contributed by atoms with van der Waals surface area (Å²) in [7, 11) is 0. The Morgan fingerprint density at radius 3 is 2.42 bits per heavy atom. The summed E-state index contributed by atoms with van der Waals surface area (Å²) in [5.41, 5.74) is 0.721. The highest BCUT2D eigenvalue weighted by Crippen LogP contribution is 2.30. The Morgan fingerprint density at radius 2 is 1.77 bits per heavy atom. The molecule has 1 fully saturated rings. The molecule has 1 atom stereocenters. The Balaban J connectivity index is 0.00000272. The number of benzene rings is 1. The monoisotopic (exact) mass is 452 g/mol. The lowest BCUT2D eigenvalue weighted by atomic mass is 10.0. The standard InChI is InChI=1S/C20H21F3N6O.H2S/c1-2-17-16(23)12-24-19(26-17)27-5-7-28(8-6-27)20(30)29-18(3-4-25-29)13-9-14(21)11-15(22)10-13;/h4,9-12,18H,2-3,5-8H2,1H3;1H2/t18-;/m0./s1. The molecule has 2 amide bonds. The van der Waals surface area contributed by atoms with Crippen molar-refractivity contribution in [2.24, 2.45) is 5.10 Å². The topological polar surface area (TPSA) is 64.9 Å². The van der Waals surface area contributed by atoms with Crippen molar-refractivity contribution in [3.05, 3.63) is 53.1 Å². The summed E-state index contributed by atoms with van der Waals surface area (Å²) < 4.78 is 40.9. The average molecular weight is 453 g/mol. The van der Waals surface area contributed by atoms with Crippen LogP contribution in [0.4, 0.5) is 23.9 Å². The van der Waals surface area contributed by atoms with E-state index in [1.807, 2.05) is 11.8 Å². The van der Waals surface area contributed by atoms with Gasteiger partial charge < -0.3 is 9.80 Å². The van der Waals surface area contributed by atoms with Crippen molar-refractivity contribution < 1.29 is 18.0 Å². The lowest BCUT2D eigenvalue weighted by Crippen LogP contribution is -2.52. The predicted molar refractivity (Wildman–Crippen MR) is 115 cm³/mol. The molecule has 31 heavy (non-hydrogen) atoms. The van der Waals surface area contributed by atoms with Gasteiger partial charge in [0.25, 0.3) is 0 Å². The number of hydrazone groups is 1. The maximum Gasteiger partial charge on any atom is 0.341 e. The van der Waals surface area contributed by atoms with E-state index in [-0.39, 0.29) is 19.5 Å². The highest BCUT2D eigenvalue weighted by molar-refractivity contribution is 7.59. The molecule has 1 aromatic heterocycles. The molecule has 0 unspecified atom stereocenters. The number of hydrogen-bond acceptors (Lipinski definition) is 5. The number of carbonyl (C=O) groups is 1. The third-order valence-electron chi connectivity index (χ3n) is 5.27. The molecule has 0 saturated carbocycles. The molecule has 2 aliphatic rings. The molecular weight excluding hydrogens is 429 g/mol. The predicted octanol–water partition coefficient (Wildman–Crippen LogP) is 3.24. The van der Waals surface area contributed by atoms with Crippen LogP contribution in [0.15, 0.2) is 29.5 Å². The van der Waals surface area contributed by atoms with E-state index in [1.165, 1.54) is 23.3 Å². The molecule has 11 heteroatoms. The summed E-state index contributed by atoms with van der Waals surface area (Å²) in [5.74, 6) is -1.37. The summed E-state index contributed by atoms with van der Waals surface area (Å²) >= 11 is 0. The quantitative estimate of drug-likeness (QED) is 0.717. The van der Waals surface area contributed by atoms with Gasteiger partial charge in [-0.25, -0.2) is 32.9 Å². The van der Waals surface area contributed by atoms with Crippen LogP contribution < -0.4 is 4.90 Å². The van der Waals surface area contributed by atoms with E-state index in [2.05, 4.69) is 15.1 Å². The summed E-state index contributed by atoms with van der Waals surface area (Å²) in [4.78, 5) is 24.8. The highest BCUT2D eigenvalue weighted by atomic mass is 32.1. The summed E-state index contributed by atoms with van der Waals surface area (Å²) in [6, 6.07) is 2.36. The van der Waals surface area contributed by atoms with Gasteiger partial charge in [0.1, 0.15) is 11.6 Å². The first-order chi connectivity index (χ1) is 14.5. The van der Waals surface area contributed by atoms with Crippen LogP contribution in [0.25, 0.3) is 0 Å². The van der Waals surface area contributed by atoms with Gasteiger partial charge in [-0.3, -0.25) is 0 Å². The molecule has 4 rings (SSSR count). The zero-order chi connectivity index (χ0) is 21.3. The third-order valence-corrected chi connectivity index (χ3v) is 5.27. The summed E-state index contributed by atoms with van der Waals surface area (Å²) in [5, 5.41) is 5.40. The summed E-state index contributed by atoms with van der Waals surface area (Å²) in [6.45, 7) is 3.59. The van der Waals surface area contributed by atoms with Crippen molar-refractivity contribution in [3.63, 3.8) is 0 Å². The number of hydrogen-bond donors (Lipinski definition) is 0. The van der Waals surface area contributed by atoms with Crippen LogP contribution in [0, 0.1) is 17.5 Å². The van der Waals surface area contributed by atoms with Crippen LogP contribution in [-0.2, 0) is 6.42 Å².